The van der Waals surface area contributed by atoms with Crippen LogP contribution in [-0.2, 0) is 18.9 Å². The molecule has 6 heteroatoms. The molecule has 0 spiro atoms. The van der Waals surface area contributed by atoms with Crippen LogP contribution in [0.5, 0.6) is 5.75 Å². The Morgan fingerprint density at radius 3 is 2.41 bits per heavy atom. The summed E-state index contributed by atoms with van der Waals surface area (Å²) in [5, 5.41) is 0. The maximum atomic E-state index is 11.8. The van der Waals surface area contributed by atoms with Crippen LogP contribution in [0.1, 0.15) is 76.6 Å². The van der Waals surface area contributed by atoms with Crippen LogP contribution in [0.3, 0.4) is 0 Å². The molecular formula is C23H34O6. The number of carbonyl (C=O) groups is 1. The van der Waals surface area contributed by atoms with Crippen LogP contribution in [0, 0.1) is 5.92 Å². The van der Waals surface area contributed by atoms with Crippen LogP contribution in [0.4, 0.5) is 4.79 Å². The van der Waals surface area contributed by atoms with Gasteiger partial charge in [-0.2, -0.15) is 0 Å². The van der Waals surface area contributed by atoms with Crippen LogP contribution < -0.4 is 4.74 Å². The average Bonchev–Trinajstić information content (AvgIpc) is 3.24. The Hall–Kier alpha value is -1.63. The summed E-state index contributed by atoms with van der Waals surface area (Å²) in [6.45, 7) is 4.32. The molecule has 0 aliphatic carbocycles. The molecule has 2 heterocycles. The number of unbranched alkanes of at least 4 members (excludes halogenated alkanes) is 5. The summed E-state index contributed by atoms with van der Waals surface area (Å²) in [6, 6.07) is 7.16. The Labute approximate surface area is 173 Å². The van der Waals surface area contributed by atoms with Crippen molar-refractivity contribution in [3.05, 3.63) is 29.8 Å². The topological polar surface area (TPSA) is 63.2 Å². The zero-order valence-corrected chi connectivity index (χ0v) is 17.5. The standard InChI is InChI=1S/C23H34O6/c1-2-3-4-5-6-7-9-18-16-26-22(27-17-18)19-11-13-20(14-12-19)28-23(24)29-21-10-8-15-25-21/h11-14,18,21-22H,2-10,15-17H2,1H3/t18?,21-,22?/m1/s1. The molecular weight excluding hydrogens is 372 g/mol. The molecule has 0 aromatic heterocycles. The molecule has 29 heavy (non-hydrogen) atoms. The van der Waals surface area contributed by atoms with Crippen molar-refractivity contribution in [3.63, 3.8) is 0 Å². The SMILES string of the molecule is CCCCCCCCC1COC(c2ccc(OC(=O)O[C@@H]3CCCO3)cc2)OC1. The summed E-state index contributed by atoms with van der Waals surface area (Å²) >= 11 is 0. The predicted molar refractivity (Wildman–Crippen MR) is 109 cm³/mol. The van der Waals surface area contributed by atoms with Gasteiger partial charge in [0.2, 0.25) is 6.29 Å². The molecule has 162 valence electrons. The number of carbonyl (C=O) groups excluding carboxylic acids is 1. The second-order valence-electron chi connectivity index (χ2n) is 7.90. The smallest absolute Gasteiger partial charge is 0.404 e. The van der Waals surface area contributed by atoms with E-state index in [9.17, 15) is 4.79 Å². The Morgan fingerprint density at radius 1 is 1.00 bits per heavy atom. The Morgan fingerprint density at radius 2 is 1.72 bits per heavy atom. The first-order chi connectivity index (χ1) is 14.2. The molecule has 6 nitrogen and oxygen atoms in total. The quantitative estimate of drug-likeness (QED) is 0.280. The summed E-state index contributed by atoms with van der Waals surface area (Å²) < 4.78 is 27.4. The second kappa shape index (κ2) is 12.2. The van der Waals surface area contributed by atoms with Crippen molar-refractivity contribution >= 4 is 6.16 Å². The third kappa shape index (κ3) is 7.61. The molecule has 0 N–H and O–H groups in total. The van der Waals surface area contributed by atoms with Gasteiger partial charge in [-0.1, -0.05) is 57.6 Å². The van der Waals surface area contributed by atoms with Crippen molar-refractivity contribution in [2.45, 2.75) is 77.3 Å². The lowest BCUT2D eigenvalue weighted by Gasteiger charge is -2.29. The normalized spacial score (nSPS) is 24.4. The Balaban J connectivity index is 1.33. The van der Waals surface area contributed by atoms with E-state index in [1.165, 1.54) is 44.9 Å². The lowest BCUT2D eigenvalue weighted by molar-refractivity contribution is -0.206. The van der Waals surface area contributed by atoms with Gasteiger partial charge in [-0.3, -0.25) is 0 Å². The number of rotatable bonds is 10. The van der Waals surface area contributed by atoms with E-state index >= 15 is 0 Å². The molecule has 2 aliphatic rings. The Kier molecular flexibility index (Phi) is 9.25. The van der Waals surface area contributed by atoms with E-state index in [-0.39, 0.29) is 6.29 Å². The minimum absolute atomic E-state index is 0.358. The fourth-order valence-electron chi connectivity index (χ4n) is 3.68. The molecule has 0 radical (unpaired) electrons. The van der Waals surface area contributed by atoms with E-state index in [2.05, 4.69) is 6.92 Å². The van der Waals surface area contributed by atoms with E-state index in [1.807, 2.05) is 12.1 Å². The van der Waals surface area contributed by atoms with E-state index < -0.39 is 12.4 Å². The van der Waals surface area contributed by atoms with Gasteiger partial charge in [0.15, 0.2) is 6.29 Å². The van der Waals surface area contributed by atoms with Gasteiger partial charge in [-0.25, -0.2) is 4.79 Å². The zero-order chi connectivity index (χ0) is 20.3. The number of hydrogen-bond donors (Lipinski definition) is 0. The van der Waals surface area contributed by atoms with Crippen molar-refractivity contribution in [2.75, 3.05) is 19.8 Å². The lowest BCUT2D eigenvalue weighted by Crippen LogP contribution is -2.27. The van der Waals surface area contributed by atoms with Crippen molar-refractivity contribution in [3.8, 4) is 5.75 Å². The van der Waals surface area contributed by atoms with Crippen molar-refractivity contribution in [2.24, 2.45) is 5.92 Å². The predicted octanol–water partition coefficient (Wildman–Crippen LogP) is 5.75. The number of hydrogen-bond acceptors (Lipinski definition) is 6. The van der Waals surface area contributed by atoms with E-state index in [0.717, 1.165) is 25.2 Å². The monoisotopic (exact) mass is 406 g/mol. The van der Waals surface area contributed by atoms with Crippen LogP contribution in [0.25, 0.3) is 0 Å². The van der Waals surface area contributed by atoms with Crippen LogP contribution in [-0.4, -0.2) is 32.3 Å². The molecule has 0 unspecified atom stereocenters. The molecule has 0 amide bonds. The van der Waals surface area contributed by atoms with Crippen molar-refractivity contribution < 1.29 is 28.5 Å². The molecule has 2 aliphatic heterocycles. The van der Waals surface area contributed by atoms with Gasteiger partial charge < -0.3 is 23.7 Å². The van der Waals surface area contributed by atoms with Gasteiger partial charge in [0.25, 0.3) is 0 Å². The number of ether oxygens (including phenoxy) is 5. The van der Waals surface area contributed by atoms with Gasteiger partial charge in [0.1, 0.15) is 5.75 Å². The number of benzene rings is 1. The van der Waals surface area contributed by atoms with Gasteiger partial charge in [0, 0.05) is 17.9 Å². The third-order valence-electron chi connectivity index (χ3n) is 5.40. The molecule has 2 saturated heterocycles. The fourth-order valence-corrected chi connectivity index (χ4v) is 3.68. The average molecular weight is 407 g/mol. The van der Waals surface area contributed by atoms with Gasteiger partial charge in [-0.05, 0) is 25.0 Å². The van der Waals surface area contributed by atoms with E-state index in [0.29, 0.717) is 24.7 Å². The van der Waals surface area contributed by atoms with Crippen LogP contribution in [0.2, 0.25) is 0 Å². The fraction of sp³-hybridized carbons (Fsp3) is 0.696. The van der Waals surface area contributed by atoms with Gasteiger partial charge >= 0.3 is 6.16 Å². The molecule has 1 aromatic carbocycles. The summed E-state index contributed by atoms with van der Waals surface area (Å²) in [6.07, 6.45) is 9.05. The summed E-state index contributed by atoms with van der Waals surface area (Å²) in [5.41, 5.74) is 0.919. The molecule has 2 fully saturated rings. The first kappa shape index (κ1) is 22.1. The second-order valence-corrected chi connectivity index (χ2v) is 7.90. The summed E-state index contributed by atoms with van der Waals surface area (Å²) in [5.74, 6) is 0.904. The highest BCUT2D eigenvalue weighted by Crippen LogP contribution is 2.28. The molecule has 1 aromatic rings. The Bertz CT molecular complexity index is 588. The first-order valence-corrected chi connectivity index (χ1v) is 11.1. The molecule has 3 rings (SSSR count). The minimum Gasteiger partial charge on any atom is -0.404 e. The summed E-state index contributed by atoms with van der Waals surface area (Å²) in [4.78, 5) is 11.8. The van der Waals surface area contributed by atoms with Gasteiger partial charge in [0.05, 0.1) is 19.8 Å². The third-order valence-corrected chi connectivity index (χ3v) is 5.40. The van der Waals surface area contributed by atoms with Gasteiger partial charge in [-0.15, -0.1) is 0 Å². The maximum Gasteiger partial charge on any atom is 0.516 e. The first-order valence-electron chi connectivity index (χ1n) is 11.1. The molecule has 0 bridgehead atoms. The van der Waals surface area contributed by atoms with E-state index in [1.54, 1.807) is 12.1 Å². The van der Waals surface area contributed by atoms with Crippen LogP contribution >= 0.6 is 0 Å². The molecule has 1 atom stereocenters. The van der Waals surface area contributed by atoms with Crippen LogP contribution in [0.15, 0.2) is 24.3 Å². The highest BCUT2D eigenvalue weighted by molar-refractivity contribution is 5.63. The highest BCUT2D eigenvalue weighted by Gasteiger charge is 2.24. The highest BCUT2D eigenvalue weighted by atomic mass is 16.8. The minimum atomic E-state index is -0.743. The van der Waals surface area contributed by atoms with Crippen molar-refractivity contribution in [1.29, 1.82) is 0 Å². The molecule has 0 saturated carbocycles. The zero-order valence-electron chi connectivity index (χ0n) is 17.5. The largest absolute Gasteiger partial charge is 0.516 e. The lowest BCUT2D eigenvalue weighted by atomic mass is 10.0. The van der Waals surface area contributed by atoms with Crippen molar-refractivity contribution in [1.82, 2.24) is 0 Å². The summed E-state index contributed by atoms with van der Waals surface area (Å²) in [7, 11) is 0. The maximum absolute atomic E-state index is 11.8. The van der Waals surface area contributed by atoms with E-state index in [4.69, 9.17) is 23.7 Å².